The number of phenols is 1. The first kappa shape index (κ1) is 23.3. The summed E-state index contributed by atoms with van der Waals surface area (Å²) >= 11 is 0. The molecule has 2 unspecified atom stereocenters. The Labute approximate surface area is 194 Å². The van der Waals surface area contributed by atoms with Crippen molar-refractivity contribution < 1.29 is 24.2 Å². The Hall–Kier alpha value is -2.83. The Morgan fingerprint density at radius 2 is 2.00 bits per heavy atom. The molecule has 7 nitrogen and oxygen atoms in total. The third kappa shape index (κ3) is 4.63. The summed E-state index contributed by atoms with van der Waals surface area (Å²) in [6.45, 7) is 3.88. The van der Waals surface area contributed by atoms with Gasteiger partial charge in [-0.1, -0.05) is 19.8 Å². The molecule has 1 aliphatic carbocycles. The smallest absolute Gasteiger partial charge is 0.317 e. The fourth-order valence-corrected chi connectivity index (χ4v) is 5.54. The summed E-state index contributed by atoms with van der Waals surface area (Å²) in [7, 11) is 1.59. The topological polar surface area (TPSA) is 102 Å². The van der Waals surface area contributed by atoms with Gasteiger partial charge in [-0.2, -0.15) is 0 Å². The Morgan fingerprint density at radius 1 is 1.24 bits per heavy atom. The monoisotopic (exact) mass is 454 g/mol. The number of methoxy groups -OCH3 is 1. The average molecular weight is 455 g/mol. The highest BCUT2D eigenvalue weighted by atomic mass is 16.6. The Bertz CT molecular complexity index is 1000. The number of hydrogen-bond acceptors (Lipinski definition) is 6. The molecule has 0 spiro atoms. The van der Waals surface area contributed by atoms with Crippen LogP contribution in [0.15, 0.2) is 18.5 Å². The summed E-state index contributed by atoms with van der Waals surface area (Å²) in [6.07, 6.45) is 8.11. The number of imidazole rings is 1. The van der Waals surface area contributed by atoms with E-state index in [2.05, 4.69) is 9.97 Å². The highest BCUT2D eigenvalue weighted by Crippen LogP contribution is 2.45. The van der Waals surface area contributed by atoms with Crippen LogP contribution < -0.4 is 4.74 Å². The molecular weight excluding hydrogens is 420 g/mol. The van der Waals surface area contributed by atoms with Crippen LogP contribution in [0.4, 0.5) is 0 Å². The lowest BCUT2D eigenvalue weighted by Gasteiger charge is -2.43. The quantitative estimate of drug-likeness (QED) is 0.457. The highest BCUT2D eigenvalue weighted by molar-refractivity contribution is 6.01. The van der Waals surface area contributed by atoms with Crippen molar-refractivity contribution in [3.8, 4) is 11.5 Å². The number of aryl methyl sites for hydroxylation is 3. The van der Waals surface area contributed by atoms with Crippen LogP contribution in [0.1, 0.15) is 68.0 Å². The van der Waals surface area contributed by atoms with Crippen molar-refractivity contribution in [2.24, 2.45) is 11.8 Å². The molecule has 0 bridgehead atoms. The Kier molecular flexibility index (Phi) is 6.77. The molecule has 2 aliphatic rings. The minimum atomic E-state index is -0.795. The number of aromatic hydroxyl groups is 1. The molecule has 1 saturated carbocycles. The van der Waals surface area contributed by atoms with Gasteiger partial charge in [0.05, 0.1) is 19.1 Å². The number of rotatable bonds is 8. The number of nitrogens with zero attached hydrogens (tertiary/aromatic N) is 1. The van der Waals surface area contributed by atoms with Gasteiger partial charge in [-0.05, 0) is 62.1 Å². The molecule has 178 valence electrons. The van der Waals surface area contributed by atoms with Crippen LogP contribution in [0.2, 0.25) is 0 Å². The van der Waals surface area contributed by atoms with Gasteiger partial charge in [0.2, 0.25) is 0 Å². The number of aromatic amines is 1. The zero-order valence-electron chi connectivity index (χ0n) is 19.8. The fraction of sp³-hybridized carbons (Fsp3) is 0.577. The van der Waals surface area contributed by atoms with E-state index in [4.69, 9.17) is 9.47 Å². The van der Waals surface area contributed by atoms with Gasteiger partial charge in [0, 0.05) is 24.6 Å². The maximum atomic E-state index is 13.3. The minimum Gasteiger partial charge on any atom is -0.508 e. The molecule has 1 aromatic carbocycles. The van der Waals surface area contributed by atoms with E-state index >= 15 is 0 Å². The summed E-state index contributed by atoms with van der Waals surface area (Å²) in [5, 5.41) is 10.2. The van der Waals surface area contributed by atoms with Gasteiger partial charge in [0.15, 0.2) is 5.78 Å². The molecule has 0 amide bonds. The number of Topliss-reactive ketones (excluding diaryl/α,β-unsaturated/α-hetero) is 1. The summed E-state index contributed by atoms with van der Waals surface area (Å²) < 4.78 is 11.7. The molecule has 2 atom stereocenters. The first-order valence-electron chi connectivity index (χ1n) is 12.0. The van der Waals surface area contributed by atoms with Crippen LogP contribution in [-0.4, -0.2) is 39.5 Å². The van der Waals surface area contributed by atoms with Gasteiger partial charge in [0.25, 0.3) is 0 Å². The van der Waals surface area contributed by atoms with Crippen LogP contribution in [0.25, 0.3) is 0 Å². The third-order valence-corrected chi connectivity index (χ3v) is 7.56. The SMILES string of the molecule is CCc1cc(CCC2(C3CCCC3)CC(=O)C(Cc3nc[nH]c3C)C(=O)O2)c(OC)cc1O. The summed E-state index contributed by atoms with van der Waals surface area (Å²) in [6, 6.07) is 3.61. The maximum Gasteiger partial charge on any atom is 0.317 e. The van der Waals surface area contributed by atoms with Crippen LogP contribution in [0, 0.1) is 18.8 Å². The lowest BCUT2D eigenvalue weighted by molar-refractivity contribution is -0.185. The van der Waals surface area contributed by atoms with Crippen molar-refractivity contribution >= 4 is 11.8 Å². The molecule has 2 fully saturated rings. The number of cyclic esters (lactones) is 1. The second-order valence-electron chi connectivity index (χ2n) is 9.49. The van der Waals surface area contributed by atoms with E-state index in [1.807, 2.05) is 19.9 Å². The normalized spacial score (nSPS) is 23.7. The number of esters is 1. The molecule has 2 aromatic rings. The molecule has 7 heteroatoms. The molecule has 1 saturated heterocycles. The van der Waals surface area contributed by atoms with Crippen molar-refractivity contribution in [1.29, 1.82) is 0 Å². The van der Waals surface area contributed by atoms with E-state index in [1.54, 1.807) is 19.5 Å². The van der Waals surface area contributed by atoms with E-state index in [9.17, 15) is 14.7 Å². The molecule has 2 heterocycles. The number of carbonyl (C=O) groups is 2. The van der Waals surface area contributed by atoms with E-state index in [1.165, 1.54) is 0 Å². The third-order valence-electron chi connectivity index (χ3n) is 7.56. The van der Waals surface area contributed by atoms with Crippen LogP contribution >= 0.6 is 0 Å². The molecule has 33 heavy (non-hydrogen) atoms. The first-order chi connectivity index (χ1) is 15.9. The van der Waals surface area contributed by atoms with Gasteiger partial charge in [-0.15, -0.1) is 0 Å². The summed E-state index contributed by atoms with van der Waals surface area (Å²) in [4.78, 5) is 33.7. The second-order valence-corrected chi connectivity index (χ2v) is 9.49. The Morgan fingerprint density at radius 3 is 2.61 bits per heavy atom. The van der Waals surface area contributed by atoms with Crippen LogP contribution in [0.3, 0.4) is 0 Å². The second kappa shape index (κ2) is 9.57. The molecule has 1 aliphatic heterocycles. The molecule has 4 rings (SSSR count). The number of benzene rings is 1. The maximum absolute atomic E-state index is 13.3. The highest BCUT2D eigenvalue weighted by Gasteiger charge is 2.51. The number of phenolic OH excluding ortho intramolecular Hbond substituents is 1. The van der Waals surface area contributed by atoms with E-state index < -0.39 is 17.5 Å². The zero-order chi connectivity index (χ0) is 23.6. The van der Waals surface area contributed by atoms with Gasteiger partial charge in [0.1, 0.15) is 23.0 Å². The summed E-state index contributed by atoms with van der Waals surface area (Å²) in [5.74, 6) is -0.241. The van der Waals surface area contributed by atoms with E-state index in [0.717, 1.165) is 48.2 Å². The lowest BCUT2D eigenvalue weighted by Crippen LogP contribution is -2.52. The van der Waals surface area contributed by atoms with E-state index in [-0.39, 0.29) is 30.3 Å². The minimum absolute atomic E-state index is 0.0486. The zero-order valence-corrected chi connectivity index (χ0v) is 19.8. The van der Waals surface area contributed by atoms with Gasteiger partial charge < -0.3 is 19.6 Å². The number of aromatic nitrogens is 2. The van der Waals surface area contributed by atoms with Crippen LogP contribution in [0.5, 0.6) is 11.5 Å². The van der Waals surface area contributed by atoms with Crippen LogP contribution in [-0.2, 0) is 33.6 Å². The average Bonchev–Trinajstić information content (AvgIpc) is 3.47. The Balaban J connectivity index is 1.57. The first-order valence-corrected chi connectivity index (χ1v) is 12.0. The molecular formula is C26H34N2O5. The van der Waals surface area contributed by atoms with Crippen molar-refractivity contribution in [2.45, 2.75) is 77.2 Å². The number of ether oxygens (including phenoxy) is 2. The molecule has 2 N–H and O–H groups in total. The van der Waals surface area contributed by atoms with Crippen molar-refractivity contribution in [1.82, 2.24) is 9.97 Å². The molecule has 1 aromatic heterocycles. The van der Waals surface area contributed by atoms with Crippen molar-refractivity contribution in [3.05, 3.63) is 41.0 Å². The lowest BCUT2D eigenvalue weighted by atomic mass is 9.73. The standard InChI is InChI=1S/C26H34N2O5/c1-4-17-11-18(24(32-3)13-22(17)29)9-10-26(19-7-5-6-8-19)14-23(30)20(25(31)33-26)12-21-16(2)27-15-28-21/h11,13,15,19-20,29H,4-10,12,14H2,1-3H3,(H,27,28). The number of hydrogen-bond donors (Lipinski definition) is 2. The predicted molar refractivity (Wildman–Crippen MR) is 123 cm³/mol. The van der Waals surface area contributed by atoms with Gasteiger partial charge in [-0.25, -0.2) is 4.98 Å². The number of H-pyrrole nitrogens is 1. The number of ketones is 1. The number of nitrogens with one attached hydrogen (secondary N) is 1. The van der Waals surface area contributed by atoms with Gasteiger partial charge in [-0.3, -0.25) is 9.59 Å². The predicted octanol–water partition coefficient (Wildman–Crippen LogP) is 4.23. The molecule has 0 radical (unpaired) electrons. The largest absolute Gasteiger partial charge is 0.508 e. The summed E-state index contributed by atoms with van der Waals surface area (Å²) in [5.41, 5.74) is 2.64. The van der Waals surface area contributed by atoms with E-state index in [0.29, 0.717) is 25.0 Å². The number of carbonyl (C=O) groups excluding carboxylic acids is 2. The van der Waals surface area contributed by atoms with Crippen molar-refractivity contribution in [2.75, 3.05) is 7.11 Å². The van der Waals surface area contributed by atoms with Gasteiger partial charge >= 0.3 is 5.97 Å². The van der Waals surface area contributed by atoms with Crippen molar-refractivity contribution in [3.63, 3.8) is 0 Å². The fourth-order valence-electron chi connectivity index (χ4n) is 5.54.